The summed E-state index contributed by atoms with van der Waals surface area (Å²) < 4.78 is 0. The first-order valence-electron chi connectivity index (χ1n) is 5.79. The Kier molecular flexibility index (Phi) is 3.63. The van der Waals surface area contributed by atoms with Crippen molar-refractivity contribution in [1.29, 1.82) is 5.26 Å². The quantitative estimate of drug-likeness (QED) is 0.909. The Morgan fingerprint density at radius 3 is 2.72 bits per heavy atom. The van der Waals surface area contributed by atoms with Crippen molar-refractivity contribution < 1.29 is 0 Å². The molecule has 0 radical (unpaired) electrons. The fraction of sp³-hybridized carbons (Fsp3) is 0.286. The minimum Gasteiger partial charge on any atom is -0.376 e. The van der Waals surface area contributed by atoms with Crippen LogP contribution in [0, 0.1) is 25.2 Å². The van der Waals surface area contributed by atoms with Crippen molar-refractivity contribution in [2.45, 2.75) is 26.8 Å². The summed E-state index contributed by atoms with van der Waals surface area (Å²) in [4.78, 5) is 4.47. The lowest BCUT2D eigenvalue weighted by Crippen LogP contribution is -2.06. The van der Waals surface area contributed by atoms with E-state index >= 15 is 0 Å². The fourth-order valence-electron chi connectivity index (χ4n) is 1.76. The Morgan fingerprint density at radius 1 is 1.39 bits per heavy atom. The molecule has 0 fully saturated rings. The highest BCUT2D eigenvalue weighted by Gasteiger charge is 2.09. The molecular formula is C14H15N3S. The summed E-state index contributed by atoms with van der Waals surface area (Å²) in [5, 5.41) is 15.4. The number of hydrogen-bond donors (Lipinski definition) is 1. The van der Waals surface area contributed by atoms with Gasteiger partial charge in [0.2, 0.25) is 0 Å². The monoisotopic (exact) mass is 257 g/mol. The van der Waals surface area contributed by atoms with Gasteiger partial charge in [0.05, 0.1) is 17.7 Å². The lowest BCUT2D eigenvalue weighted by molar-refractivity contribution is 0.863. The van der Waals surface area contributed by atoms with Gasteiger partial charge in [0.25, 0.3) is 0 Å². The van der Waals surface area contributed by atoms with E-state index in [0.29, 0.717) is 0 Å². The van der Waals surface area contributed by atoms with Crippen LogP contribution in [0.5, 0.6) is 0 Å². The maximum Gasteiger partial charge on any atom is 0.115 e. The molecule has 0 saturated heterocycles. The Bertz CT molecular complexity index is 595. The molecule has 0 aliphatic carbocycles. The Balaban J connectivity index is 2.15. The summed E-state index contributed by atoms with van der Waals surface area (Å²) in [6.45, 7) is 6.03. The van der Waals surface area contributed by atoms with Crippen LogP contribution >= 0.6 is 11.3 Å². The van der Waals surface area contributed by atoms with E-state index in [9.17, 15) is 0 Å². The Hall–Kier alpha value is -1.86. The zero-order valence-electron chi connectivity index (χ0n) is 10.7. The normalized spacial score (nSPS) is 11.9. The molecule has 18 heavy (non-hydrogen) atoms. The first kappa shape index (κ1) is 12.6. The van der Waals surface area contributed by atoms with Crippen LogP contribution in [-0.4, -0.2) is 4.98 Å². The molecule has 1 N–H and O–H groups in total. The maximum atomic E-state index is 8.89. The first-order valence-corrected chi connectivity index (χ1v) is 6.67. The predicted octanol–water partition coefficient (Wildman–Crippen LogP) is 3.80. The fourth-order valence-corrected chi connectivity index (χ4v) is 2.57. The number of anilines is 1. The van der Waals surface area contributed by atoms with E-state index in [1.165, 1.54) is 0 Å². The molecule has 0 spiro atoms. The van der Waals surface area contributed by atoms with E-state index in [4.69, 9.17) is 5.26 Å². The molecule has 1 heterocycles. The molecular weight excluding hydrogens is 242 g/mol. The molecule has 0 bridgehead atoms. The summed E-state index contributed by atoms with van der Waals surface area (Å²) in [6, 6.07) is 8.12. The zero-order valence-corrected chi connectivity index (χ0v) is 11.5. The third-order valence-corrected chi connectivity index (χ3v) is 3.88. The number of nitriles is 1. The minimum atomic E-state index is 0.177. The zero-order chi connectivity index (χ0) is 13.1. The second-order valence-corrected chi connectivity index (χ2v) is 5.22. The molecule has 2 rings (SSSR count). The van der Waals surface area contributed by atoms with Crippen LogP contribution in [0.3, 0.4) is 0 Å². The van der Waals surface area contributed by atoms with Gasteiger partial charge in [-0.3, -0.25) is 0 Å². The molecule has 2 aromatic rings. The van der Waals surface area contributed by atoms with Gasteiger partial charge in [-0.2, -0.15) is 5.26 Å². The average Bonchev–Trinajstić information content (AvgIpc) is 2.76. The van der Waals surface area contributed by atoms with Gasteiger partial charge in [0, 0.05) is 16.8 Å². The third-order valence-electron chi connectivity index (χ3n) is 2.74. The van der Waals surface area contributed by atoms with Gasteiger partial charge in [-0.05, 0) is 44.5 Å². The number of rotatable bonds is 3. The van der Waals surface area contributed by atoms with E-state index in [-0.39, 0.29) is 6.04 Å². The largest absolute Gasteiger partial charge is 0.376 e. The average molecular weight is 257 g/mol. The standard InChI is InChI=1S/C14H15N3S/c1-9-6-13(5-4-12(9)7-15)17-11(3)14-16-10(2)8-18-14/h4-6,8,11,17H,1-3H3. The molecule has 1 aromatic carbocycles. The van der Waals surface area contributed by atoms with Crippen molar-refractivity contribution in [2.75, 3.05) is 5.32 Å². The van der Waals surface area contributed by atoms with Gasteiger partial charge in [0.15, 0.2) is 0 Å². The second-order valence-electron chi connectivity index (χ2n) is 4.33. The van der Waals surface area contributed by atoms with Gasteiger partial charge in [-0.25, -0.2) is 4.98 Å². The number of hydrogen-bond acceptors (Lipinski definition) is 4. The molecule has 0 amide bonds. The summed E-state index contributed by atoms with van der Waals surface area (Å²) in [6.07, 6.45) is 0. The van der Waals surface area contributed by atoms with E-state index in [0.717, 1.165) is 27.5 Å². The minimum absolute atomic E-state index is 0.177. The number of nitrogens with one attached hydrogen (secondary N) is 1. The predicted molar refractivity (Wildman–Crippen MR) is 74.8 cm³/mol. The second kappa shape index (κ2) is 5.19. The number of nitrogens with zero attached hydrogens (tertiary/aromatic N) is 2. The van der Waals surface area contributed by atoms with Crippen molar-refractivity contribution >= 4 is 17.0 Å². The lowest BCUT2D eigenvalue weighted by Gasteiger charge is -2.13. The van der Waals surface area contributed by atoms with Crippen LogP contribution in [0.25, 0.3) is 0 Å². The van der Waals surface area contributed by atoms with E-state index < -0.39 is 0 Å². The highest BCUT2D eigenvalue weighted by Crippen LogP contribution is 2.23. The van der Waals surface area contributed by atoms with Crippen LogP contribution in [0.2, 0.25) is 0 Å². The van der Waals surface area contributed by atoms with E-state index in [1.807, 2.05) is 32.0 Å². The molecule has 0 aliphatic rings. The smallest absolute Gasteiger partial charge is 0.115 e. The van der Waals surface area contributed by atoms with Crippen molar-refractivity contribution in [1.82, 2.24) is 4.98 Å². The summed E-state index contributed by atoms with van der Waals surface area (Å²) in [5.74, 6) is 0. The number of aromatic nitrogens is 1. The first-order chi connectivity index (χ1) is 8.60. The number of benzene rings is 1. The molecule has 0 saturated carbocycles. The Labute approximate surface area is 111 Å². The van der Waals surface area contributed by atoms with Crippen LogP contribution in [0.15, 0.2) is 23.6 Å². The van der Waals surface area contributed by atoms with Crippen LogP contribution in [-0.2, 0) is 0 Å². The topological polar surface area (TPSA) is 48.7 Å². The maximum absolute atomic E-state index is 8.89. The van der Waals surface area contributed by atoms with Crippen molar-refractivity contribution in [2.24, 2.45) is 0 Å². The SMILES string of the molecule is Cc1csc(C(C)Nc2ccc(C#N)c(C)c2)n1. The molecule has 0 aliphatic heterocycles. The van der Waals surface area contributed by atoms with Crippen molar-refractivity contribution in [3.05, 3.63) is 45.4 Å². The van der Waals surface area contributed by atoms with Gasteiger partial charge >= 0.3 is 0 Å². The summed E-state index contributed by atoms with van der Waals surface area (Å²) in [5.41, 5.74) is 3.79. The van der Waals surface area contributed by atoms with Gasteiger partial charge in [0.1, 0.15) is 5.01 Å². The summed E-state index contributed by atoms with van der Waals surface area (Å²) >= 11 is 1.66. The lowest BCUT2D eigenvalue weighted by atomic mass is 10.1. The van der Waals surface area contributed by atoms with Gasteiger partial charge in [-0.15, -0.1) is 11.3 Å². The highest BCUT2D eigenvalue weighted by atomic mass is 32.1. The van der Waals surface area contributed by atoms with Gasteiger partial charge < -0.3 is 5.32 Å². The Morgan fingerprint density at radius 2 is 2.17 bits per heavy atom. The molecule has 92 valence electrons. The molecule has 1 atom stereocenters. The van der Waals surface area contributed by atoms with Crippen LogP contribution in [0.1, 0.15) is 34.8 Å². The van der Waals surface area contributed by atoms with Crippen molar-refractivity contribution in [3.8, 4) is 6.07 Å². The van der Waals surface area contributed by atoms with Gasteiger partial charge in [-0.1, -0.05) is 0 Å². The summed E-state index contributed by atoms with van der Waals surface area (Å²) in [7, 11) is 0. The molecule has 1 aromatic heterocycles. The van der Waals surface area contributed by atoms with Crippen LogP contribution < -0.4 is 5.32 Å². The van der Waals surface area contributed by atoms with E-state index in [2.05, 4.69) is 28.7 Å². The highest BCUT2D eigenvalue weighted by molar-refractivity contribution is 7.09. The number of thiazole rings is 1. The number of aryl methyl sites for hydroxylation is 2. The van der Waals surface area contributed by atoms with E-state index in [1.54, 1.807) is 11.3 Å². The molecule has 3 nitrogen and oxygen atoms in total. The third kappa shape index (κ3) is 2.69. The molecule has 4 heteroatoms. The van der Waals surface area contributed by atoms with Crippen LogP contribution in [0.4, 0.5) is 5.69 Å². The van der Waals surface area contributed by atoms with Crippen molar-refractivity contribution in [3.63, 3.8) is 0 Å². The molecule has 1 unspecified atom stereocenters.